The summed E-state index contributed by atoms with van der Waals surface area (Å²) in [7, 11) is 2.76. The summed E-state index contributed by atoms with van der Waals surface area (Å²) in [6, 6.07) is 15.2. The van der Waals surface area contributed by atoms with Crippen LogP contribution < -0.4 is 11.1 Å². The minimum absolute atomic E-state index is 0.0215. The topological polar surface area (TPSA) is 139 Å². The van der Waals surface area contributed by atoms with E-state index in [1.807, 2.05) is 54.6 Å². The highest BCUT2D eigenvalue weighted by molar-refractivity contribution is 8.77. The van der Waals surface area contributed by atoms with Crippen molar-refractivity contribution in [3.8, 4) is 0 Å². The molecule has 4 rings (SSSR count). The Kier molecular flexibility index (Phi) is 12.1. The second kappa shape index (κ2) is 15.7. The molecule has 2 aliphatic heterocycles. The molecule has 232 valence electrons. The van der Waals surface area contributed by atoms with Crippen molar-refractivity contribution in [3.63, 3.8) is 0 Å². The van der Waals surface area contributed by atoms with E-state index < -0.39 is 41.2 Å². The second-order valence-electron chi connectivity index (χ2n) is 11.1. The molecule has 1 saturated heterocycles. The van der Waals surface area contributed by atoms with Crippen molar-refractivity contribution in [2.75, 3.05) is 18.9 Å². The Balaban J connectivity index is 1.46. The summed E-state index contributed by atoms with van der Waals surface area (Å²) >= 11 is 0. The maximum atomic E-state index is 13.9. The molecule has 6 atom stereocenters. The summed E-state index contributed by atoms with van der Waals surface area (Å²) in [6.45, 7) is 4.04. The molecule has 0 saturated carbocycles. The summed E-state index contributed by atoms with van der Waals surface area (Å²) in [4.78, 5) is 53.4. The molecule has 2 heterocycles. The highest BCUT2D eigenvalue weighted by Gasteiger charge is 2.44. The fourth-order valence-electron chi connectivity index (χ4n) is 5.84. The Morgan fingerprint density at radius 3 is 2.56 bits per heavy atom. The lowest BCUT2D eigenvalue weighted by atomic mass is 9.89. The monoisotopic (exact) mass is 627 g/mol. The molecule has 1 amide bonds. The van der Waals surface area contributed by atoms with Crippen LogP contribution in [0, 0.1) is 5.92 Å². The average molecular weight is 628 g/mol. The van der Waals surface area contributed by atoms with Gasteiger partial charge in [0.15, 0.2) is 5.78 Å². The number of carboxylic acids is 1. The Hall–Kier alpha value is -2.86. The number of carboxylic acid groups (broad SMARTS) is 1. The van der Waals surface area contributed by atoms with Gasteiger partial charge in [-0.1, -0.05) is 76.2 Å². The van der Waals surface area contributed by atoms with Gasteiger partial charge in [0, 0.05) is 12.3 Å². The number of ketones is 1. The molecule has 9 nitrogen and oxygen atoms in total. The van der Waals surface area contributed by atoms with E-state index >= 15 is 0 Å². The lowest BCUT2D eigenvalue weighted by molar-refractivity contribution is -0.157. The van der Waals surface area contributed by atoms with Crippen molar-refractivity contribution in [1.29, 1.82) is 0 Å². The number of nitrogens with zero attached hydrogens (tertiary/aromatic N) is 1. The molecule has 2 unspecified atom stereocenters. The van der Waals surface area contributed by atoms with Gasteiger partial charge in [-0.15, -0.1) is 0 Å². The van der Waals surface area contributed by atoms with Crippen LogP contribution in [0.2, 0.25) is 0 Å². The van der Waals surface area contributed by atoms with Crippen molar-refractivity contribution in [2.45, 2.75) is 75.4 Å². The largest absolute Gasteiger partial charge is 0.480 e. The molecule has 2 aromatic carbocycles. The molecular weight excluding hydrogens is 587 g/mol. The zero-order chi connectivity index (χ0) is 30.9. The predicted octanol–water partition coefficient (Wildman–Crippen LogP) is 3.80. The number of ether oxygens (including phenoxy) is 1. The van der Waals surface area contributed by atoms with E-state index in [-0.39, 0.29) is 30.9 Å². The van der Waals surface area contributed by atoms with Gasteiger partial charge in [-0.2, -0.15) is 0 Å². The molecule has 0 bridgehead atoms. The quantitative estimate of drug-likeness (QED) is 0.209. The number of amides is 1. The fraction of sp³-hybridized carbons (Fsp3) is 0.500. The van der Waals surface area contributed by atoms with Gasteiger partial charge in [-0.05, 0) is 62.6 Å². The van der Waals surface area contributed by atoms with Crippen LogP contribution in [0.5, 0.6) is 0 Å². The number of esters is 1. The lowest BCUT2D eigenvalue weighted by Crippen LogP contribution is -2.52. The first-order valence-electron chi connectivity index (χ1n) is 14.9. The van der Waals surface area contributed by atoms with Crippen LogP contribution in [0.15, 0.2) is 54.6 Å². The predicted molar refractivity (Wildman–Crippen MR) is 170 cm³/mol. The van der Waals surface area contributed by atoms with Crippen molar-refractivity contribution >= 4 is 45.2 Å². The maximum Gasteiger partial charge on any atom is 0.326 e. The first kappa shape index (κ1) is 33.0. The number of hydrogen-bond donors (Lipinski definition) is 3. The molecular formula is C32H41N3O6S2. The van der Waals surface area contributed by atoms with Gasteiger partial charge >= 0.3 is 11.9 Å². The summed E-state index contributed by atoms with van der Waals surface area (Å²) in [5.41, 5.74) is 9.05. The van der Waals surface area contributed by atoms with Gasteiger partial charge in [-0.3, -0.25) is 14.4 Å². The van der Waals surface area contributed by atoms with Crippen LogP contribution in [-0.2, 0) is 36.8 Å². The molecule has 43 heavy (non-hydrogen) atoms. The molecule has 0 radical (unpaired) electrons. The minimum Gasteiger partial charge on any atom is -0.480 e. The van der Waals surface area contributed by atoms with E-state index in [9.17, 15) is 24.3 Å². The Morgan fingerprint density at radius 1 is 1.12 bits per heavy atom. The number of nitrogens with two attached hydrogens (primary N) is 1. The van der Waals surface area contributed by atoms with Gasteiger partial charge in [0.2, 0.25) is 5.91 Å². The molecule has 2 aliphatic rings. The van der Waals surface area contributed by atoms with Crippen molar-refractivity contribution < 1.29 is 29.0 Å². The van der Waals surface area contributed by atoms with Gasteiger partial charge < -0.3 is 25.8 Å². The molecule has 4 N–H and O–H groups in total. The number of hydrogen-bond acceptors (Lipinski definition) is 9. The molecule has 2 aromatic rings. The van der Waals surface area contributed by atoms with Crippen molar-refractivity contribution in [2.24, 2.45) is 11.7 Å². The third-order valence-electron chi connectivity index (χ3n) is 8.10. The van der Waals surface area contributed by atoms with Gasteiger partial charge in [0.1, 0.15) is 12.1 Å². The second-order valence-corrected chi connectivity index (χ2v) is 13.7. The number of fused-ring (bicyclic) bond motifs is 3. The minimum atomic E-state index is -0.978. The zero-order valence-corrected chi connectivity index (χ0v) is 26.3. The third-order valence-corrected chi connectivity index (χ3v) is 10.9. The highest BCUT2D eigenvalue weighted by Crippen LogP contribution is 2.40. The first-order chi connectivity index (χ1) is 20.7. The zero-order valence-electron chi connectivity index (χ0n) is 24.6. The van der Waals surface area contributed by atoms with Gasteiger partial charge in [-0.25, -0.2) is 4.79 Å². The standard InChI is InChI=1S/C32H41N3O6S2/c1-3-41-32(40)25(33)19-42-43-28(16-21-10-5-4-6-11-21)29(36)20(2)34-18-23-17-22-12-7-8-13-24(22)26-14-9-15-27(31(38)39)35(26)30(23)37/h4-8,10-13,20,23,25-28,34H,3,9,14-19,33H2,1-2H3,(H,38,39)/t20-,23-,25+,26?,27+,28?/m1/s1. The van der Waals surface area contributed by atoms with E-state index in [1.165, 1.54) is 21.6 Å². The average Bonchev–Trinajstić information content (AvgIpc) is 3.13. The number of aliphatic carboxylic acids is 1. The Labute approximate surface area is 261 Å². The number of carbonyl (C=O) groups is 4. The Morgan fingerprint density at radius 2 is 1.84 bits per heavy atom. The smallest absolute Gasteiger partial charge is 0.326 e. The number of rotatable bonds is 14. The molecule has 0 aromatic heterocycles. The van der Waals surface area contributed by atoms with Crippen molar-refractivity contribution in [3.05, 3.63) is 71.3 Å². The summed E-state index contributed by atoms with van der Waals surface area (Å²) in [5.74, 6) is -1.84. The van der Waals surface area contributed by atoms with Crippen LogP contribution in [0.3, 0.4) is 0 Å². The van der Waals surface area contributed by atoms with E-state index in [4.69, 9.17) is 10.5 Å². The number of Topliss-reactive ketones (excluding diaryl/α,β-unsaturated/α-hetero) is 1. The molecule has 0 aliphatic carbocycles. The lowest BCUT2D eigenvalue weighted by Gasteiger charge is -2.40. The number of carbonyl (C=O) groups excluding carboxylic acids is 3. The van der Waals surface area contributed by atoms with E-state index in [2.05, 4.69) is 5.32 Å². The molecule has 1 fully saturated rings. The SMILES string of the molecule is CCOC(=O)[C@@H](N)CSSC(Cc1ccccc1)C(=O)[C@@H](C)NC[C@H]1Cc2ccccc2C2CCC[C@@H](C(=O)O)N2C1=O. The van der Waals surface area contributed by atoms with Crippen LogP contribution in [0.25, 0.3) is 0 Å². The van der Waals surface area contributed by atoms with Crippen molar-refractivity contribution in [1.82, 2.24) is 10.2 Å². The third kappa shape index (κ3) is 8.41. The first-order valence-corrected chi connectivity index (χ1v) is 17.2. The highest BCUT2D eigenvalue weighted by atomic mass is 33.1. The van der Waals surface area contributed by atoms with E-state index in [0.29, 0.717) is 25.0 Å². The van der Waals surface area contributed by atoms with Crippen LogP contribution >= 0.6 is 21.6 Å². The summed E-state index contributed by atoms with van der Waals surface area (Å²) in [6.07, 6.45) is 2.90. The van der Waals surface area contributed by atoms with Gasteiger partial charge in [0.05, 0.1) is 29.9 Å². The molecule has 0 spiro atoms. The van der Waals surface area contributed by atoms with Crippen LogP contribution in [0.4, 0.5) is 0 Å². The maximum absolute atomic E-state index is 13.9. The number of piperidine rings is 1. The fourth-order valence-corrected chi connectivity index (χ4v) is 8.59. The van der Waals surface area contributed by atoms with Crippen LogP contribution in [0.1, 0.15) is 55.8 Å². The summed E-state index contributed by atoms with van der Waals surface area (Å²) < 4.78 is 5.00. The van der Waals surface area contributed by atoms with E-state index in [0.717, 1.165) is 29.5 Å². The van der Waals surface area contributed by atoms with Crippen LogP contribution in [-0.4, -0.2) is 75.9 Å². The normalized spacial score (nSPS) is 22.0. The number of benzene rings is 2. The summed E-state index contributed by atoms with van der Waals surface area (Å²) in [5, 5.41) is 12.9. The van der Waals surface area contributed by atoms with E-state index in [1.54, 1.807) is 18.7 Å². The Bertz CT molecular complexity index is 1280. The number of nitrogens with one attached hydrogen (secondary N) is 1. The molecule has 11 heteroatoms. The van der Waals surface area contributed by atoms with Gasteiger partial charge in [0.25, 0.3) is 0 Å².